The van der Waals surface area contributed by atoms with Gasteiger partial charge < -0.3 is 24.8 Å². The molecule has 0 bridgehead atoms. The monoisotopic (exact) mass is 384 g/mol. The van der Waals surface area contributed by atoms with Crippen LogP contribution in [0, 0.1) is 5.92 Å². The van der Waals surface area contributed by atoms with Crippen LogP contribution in [-0.4, -0.2) is 89.3 Å². The topological polar surface area (TPSA) is 67.4 Å². The molecule has 2 heterocycles. The fourth-order valence-corrected chi connectivity index (χ4v) is 3.99. The quantitative estimate of drug-likeness (QED) is 0.320. The summed E-state index contributed by atoms with van der Waals surface area (Å²) in [5.41, 5.74) is 0. The van der Waals surface area contributed by atoms with E-state index in [1.807, 2.05) is 7.05 Å². The molecule has 2 aliphatic heterocycles. The van der Waals surface area contributed by atoms with Crippen molar-refractivity contribution in [3.8, 4) is 0 Å². The smallest absolute Gasteiger partial charge is 0.191 e. The van der Waals surface area contributed by atoms with Crippen molar-refractivity contribution in [1.29, 1.82) is 0 Å². The van der Waals surface area contributed by atoms with Crippen LogP contribution in [0.25, 0.3) is 0 Å². The van der Waals surface area contributed by atoms with Crippen LogP contribution >= 0.6 is 0 Å². The number of nitrogens with zero attached hydrogens (tertiary/aromatic N) is 2. The van der Waals surface area contributed by atoms with Crippen molar-refractivity contribution in [3.63, 3.8) is 0 Å². The van der Waals surface area contributed by atoms with Crippen LogP contribution in [0.3, 0.4) is 0 Å². The Hall–Kier alpha value is -0.890. The van der Waals surface area contributed by atoms with Gasteiger partial charge in [-0.05, 0) is 18.8 Å². The van der Waals surface area contributed by atoms with Gasteiger partial charge in [0.15, 0.2) is 5.96 Å². The number of morpholine rings is 1. The molecule has 7 nitrogen and oxygen atoms in total. The Kier molecular flexibility index (Phi) is 11.0. The van der Waals surface area contributed by atoms with Crippen molar-refractivity contribution >= 4 is 5.96 Å². The summed E-state index contributed by atoms with van der Waals surface area (Å²) in [5.74, 6) is 1.53. The van der Waals surface area contributed by atoms with Crippen molar-refractivity contribution in [3.05, 3.63) is 0 Å². The van der Waals surface area contributed by atoms with E-state index in [0.717, 1.165) is 64.8 Å². The number of ether oxygens (including phenoxy) is 3. The molecule has 0 saturated carbocycles. The van der Waals surface area contributed by atoms with Gasteiger partial charge in [0.1, 0.15) is 0 Å². The highest BCUT2D eigenvalue weighted by Gasteiger charge is 2.27. The summed E-state index contributed by atoms with van der Waals surface area (Å²) in [6.45, 7) is 12.2. The largest absolute Gasteiger partial charge is 0.379 e. The summed E-state index contributed by atoms with van der Waals surface area (Å²) in [7, 11) is 1.82. The summed E-state index contributed by atoms with van der Waals surface area (Å²) in [4.78, 5) is 6.94. The van der Waals surface area contributed by atoms with Gasteiger partial charge in [-0.25, -0.2) is 0 Å². The lowest BCUT2D eigenvalue weighted by Crippen LogP contribution is -2.53. The molecule has 0 aromatic heterocycles. The zero-order valence-electron chi connectivity index (χ0n) is 17.5. The molecule has 2 unspecified atom stereocenters. The van der Waals surface area contributed by atoms with Crippen LogP contribution in [0.1, 0.15) is 39.5 Å². The molecule has 158 valence electrons. The van der Waals surface area contributed by atoms with Crippen molar-refractivity contribution < 1.29 is 14.2 Å². The molecule has 27 heavy (non-hydrogen) atoms. The van der Waals surface area contributed by atoms with Gasteiger partial charge in [-0.3, -0.25) is 9.89 Å². The number of nitrogens with one attached hydrogen (secondary N) is 2. The third-order valence-electron chi connectivity index (χ3n) is 5.68. The maximum absolute atomic E-state index is 5.71. The van der Waals surface area contributed by atoms with Crippen LogP contribution in [-0.2, 0) is 14.2 Å². The van der Waals surface area contributed by atoms with E-state index in [1.165, 1.54) is 12.8 Å². The van der Waals surface area contributed by atoms with E-state index < -0.39 is 0 Å². The first-order valence-electron chi connectivity index (χ1n) is 10.7. The van der Waals surface area contributed by atoms with E-state index >= 15 is 0 Å². The minimum atomic E-state index is 0.289. The lowest BCUT2D eigenvalue weighted by Gasteiger charge is -2.39. The molecular weight excluding hydrogens is 344 g/mol. The molecule has 2 rings (SSSR count). The SMILES string of the molecule is CCC(CC)C(CNC(=NC)NCCOCC1CCCO1)N1CCOCC1. The van der Waals surface area contributed by atoms with E-state index in [2.05, 4.69) is 34.4 Å². The number of guanidine groups is 1. The minimum absolute atomic E-state index is 0.289. The molecule has 0 amide bonds. The van der Waals surface area contributed by atoms with Gasteiger partial charge in [-0.2, -0.15) is 0 Å². The molecule has 0 aliphatic carbocycles. The highest BCUT2D eigenvalue weighted by Crippen LogP contribution is 2.19. The number of hydrogen-bond donors (Lipinski definition) is 2. The molecule has 2 saturated heterocycles. The average molecular weight is 385 g/mol. The first-order valence-corrected chi connectivity index (χ1v) is 10.7. The number of hydrogen-bond acceptors (Lipinski definition) is 5. The Bertz CT molecular complexity index is 406. The fraction of sp³-hybridized carbons (Fsp3) is 0.950. The van der Waals surface area contributed by atoms with E-state index in [1.54, 1.807) is 0 Å². The number of rotatable bonds is 11. The average Bonchev–Trinajstić information content (AvgIpc) is 3.23. The maximum Gasteiger partial charge on any atom is 0.191 e. The van der Waals surface area contributed by atoms with Gasteiger partial charge in [-0.15, -0.1) is 0 Å². The predicted octanol–water partition coefficient (Wildman–Crippen LogP) is 1.48. The van der Waals surface area contributed by atoms with E-state index in [-0.39, 0.29) is 6.10 Å². The Morgan fingerprint density at radius 3 is 2.59 bits per heavy atom. The molecular formula is C20H40N4O3. The highest BCUT2D eigenvalue weighted by molar-refractivity contribution is 5.79. The van der Waals surface area contributed by atoms with E-state index in [0.29, 0.717) is 25.2 Å². The summed E-state index contributed by atoms with van der Waals surface area (Å²) < 4.78 is 16.8. The third-order valence-corrected chi connectivity index (χ3v) is 5.68. The summed E-state index contributed by atoms with van der Waals surface area (Å²) in [6.07, 6.45) is 4.96. The van der Waals surface area contributed by atoms with Gasteiger partial charge in [0.05, 0.1) is 32.5 Å². The van der Waals surface area contributed by atoms with Crippen molar-refractivity contribution in [2.24, 2.45) is 10.9 Å². The first-order chi connectivity index (χ1) is 13.3. The number of aliphatic imine (C=N–C) groups is 1. The highest BCUT2D eigenvalue weighted by atomic mass is 16.5. The van der Waals surface area contributed by atoms with Crippen LogP contribution in [0.4, 0.5) is 0 Å². The second-order valence-corrected chi connectivity index (χ2v) is 7.38. The molecule has 0 aromatic rings. The van der Waals surface area contributed by atoms with Gasteiger partial charge in [0.25, 0.3) is 0 Å². The molecule has 0 radical (unpaired) electrons. The molecule has 2 atom stereocenters. The van der Waals surface area contributed by atoms with Crippen molar-refractivity contribution in [2.45, 2.75) is 51.7 Å². The van der Waals surface area contributed by atoms with E-state index in [4.69, 9.17) is 14.2 Å². The Labute approximate surface area is 165 Å². The fourth-order valence-electron chi connectivity index (χ4n) is 3.99. The normalized spacial score (nSPS) is 23.0. The van der Waals surface area contributed by atoms with Crippen LogP contribution < -0.4 is 10.6 Å². The lowest BCUT2D eigenvalue weighted by atomic mass is 9.92. The van der Waals surface area contributed by atoms with Gasteiger partial charge in [-0.1, -0.05) is 26.7 Å². The van der Waals surface area contributed by atoms with Gasteiger partial charge in [0.2, 0.25) is 0 Å². The van der Waals surface area contributed by atoms with Crippen molar-refractivity contribution in [2.75, 3.05) is 66.3 Å². The Morgan fingerprint density at radius 1 is 1.19 bits per heavy atom. The maximum atomic E-state index is 5.71. The zero-order chi connectivity index (χ0) is 19.3. The molecule has 2 fully saturated rings. The van der Waals surface area contributed by atoms with Crippen LogP contribution in [0.15, 0.2) is 4.99 Å². The lowest BCUT2D eigenvalue weighted by molar-refractivity contribution is 0.00269. The van der Waals surface area contributed by atoms with E-state index in [9.17, 15) is 0 Å². The van der Waals surface area contributed by atoms with Crippen molar-refractivity contribution in [1.82, 2.24) is 15.5 Å². The predicted molar refractivity (Wildman–Crippen MR) is 109 cm³/mol. The second kappa shape index (κ2) is 13.3. The van der Waals surface area contributed by atoms with Crippen LogP contribution in [0.5, 0.6) is 0 Å². The van der Waals surface area contributed by atoms with Gasteiger partial charge >= 0.3 is 0 Å². The second-order valence-electron chi connectivity index (χ2n) is 7.38. The molecule has 7 heteroatoms. The van der Waals surface area contributed by atoms with Gasteiger partial charge in [0, 0.05) is 45.9 Å². The third kappa shape index (κ3) is 7.94. The Morgan fingerprint density at radius 2 is 1.96 bits per heavy atom. The Balaban J connectivity index is 1.70. The zero-order valence-corrected chi connectivity index (χ0v) is 17.5. The van der Waals surface area contributed by atoms with Crippen LogP contribution in [0.2, 0.25) is 0 Å². The molecule has 2 aliphatic rings. The summed E-state index contributed by atoms with van der Waals surface area (Å²) >= 11 is 0. The summed E-state index contributed by atoms with van der Waals surface area (Å²) in [5, 5.41) is 6.88. The molecule has 0 spiro atoms. The molecule has 2 N–H and O–H groups in total. The molecule has 0 aromatic carbocycles. The minimum Gasteiger partial charge on any atom is -0.379 e. The summed E-state index contributed by atoms with van der Waals surface area (Å²) in [6, 6.07) is 0.512. The standard InChI is InChI=1S/C20H40N4O3/c1-4-17(5-2)19(24-9-13-25-14-10-24)15-23-20(21-3)22-8-12-26-16-18-7-6-11-27-18/h17-19H,4-16H2,1-3H3,(H2,21,22,23). The first kappa shape index (κ1) is 22.4.